The Morgan fingerprint density at radius 3 is 1.59 bits per heavy atom. The molecule has 0 amide bonds. The lowest BCUT2D eigenvalue weighted by atomic mass is 10.0. The molecule has 0 saturated carbocycles. The molecule has 8 heteroatoms. The van der Waals surface area contributed by atoms with Gasteiger partial charge < -0.3 is 26.4 Å². The van der Waals surface area contributed by atoms with Gasteiger partial charge in [-0.25, -0.2) is 4.79 Å². The molecule has 2 rings (SSSR count). The second-order valence-electron chi connectivity index (χ2n) is 6.03. The summed E-state index contributed by atoms with van der Waals surface area (Å²) < 4.78 is 5.26. The molecule has 0 aliphatic rings. The number of hydrogen-bond donors (Lipinski definition) is 4. The van der Waals surface area contributed by atoms with Crippen LogP contribution in [0.15, 0.2) is 48.5 Å². The van der Waals surface area contributed by atoms with E-state index in [4.69, 9.17) is 26.4 Å². The maximum atomic E-state index is 12.2. The van der Waals surface area contributed by atoms with Gasteiger partial charge in [-0.05, 0) is 48.2 Å². The Hall–Kier alpha value is -3.23. The highest BCUT2D eigenvalue weighted by Gasteiger charge is 2.14. The van der Waals surface area contributed by atoms with E-state index in [0.29, 0.717) is 22.4 Å². The highest BCUT2D eigenvalue weighted by atomic mass is 16.5. The minimum absolute atomic E-state index is 0.157. The molecule has 0 heterocycles. The number of carboxylic acid groups (broad SMARTS) is 2. The lowest BCUT2D eigenvalue weighted by molar-refractivity contribution is -0.139. The van der Waals surface area contributed by atoms with Crippen LogP contribution in [0.4, 0.5) is 0 Å². The van der Waals surface area contributed by atoms with Gasteiger partial charge >= 0.3 is 17.9 Å². The number of nitrogens with two attached hydrogens (primary N) is 2. The number of benzene rings is 2. The number of hydrogen-bond acceptors (Lipinski definition) is 6. The standard InChI is InChI=1S/C19H20N2O6/c20-15(17(22)23)9-11-1-5-13(6-2-11)19(26)27-14-7-3-12(4-8-14)10-16(21)18(24)25/h1-8,15-16H,9-10,20-21H2,(H,22,23)(H,24,25). The zero-order valence-corrected chi connectivity index (χ0v) is 14.4. The Bertz CT molecular complexity index is 817. The zero-order valence-electron chi connectivity index (χ0n) is 14.4. The van der Waals surface area contributed by atoms with Gasteiger partial charge in [0.15, 0.2) is 0 Å². The van der Waals surface area contributed by atoms with Crippen molar-refractivity contribution < 1.29 is 29.3 Å². The first-order valence-corrected chi connectivity index (χ1v) is 8.13. The Balaban J connectivity index is 1.96. The molecule has 0 saturated heterocycles. The van der Waals surface area contributed by atoms with E-state index in [1.165, 1.54) is 12.1 Å². The molecule has 8 nitrogen and oxygen atoms in total. The maximum absolute atomic E-state index is 12.2. The molecule has 0 spiro atoms. The van der Waals surface area contributed by atoms with Crippen LogP contribution in [0, 0.1) is 0 Å². The number of rotatable bonds is 8. The monoisotopic (exact) mass is 372 g/mol. The minimum Gasteiger partial charge on any atom is -0.480 e. The Morgan fingerprint density at radius 2 is 1.19 bits per heavy atom. The topological polar surface area (TPSA) is 153 Å². The average Bonchev–Trinajstić information content (AvgIpc) is 2.63. The van der Waals surface area contributed by atoms with Crippen LogP contribution in [0.25, 0.3) is 0 Å². The van der Waals surface area contributed by atoms with Gasteiger partial charge in [0.2, 0.25) is 0 Å². The van der Waals surface area contributed by atoms with Crippen LogP contribution in [0.5, 0.6) is 5.75 Å². The molecule has 2 aromatic carbocycles. The average molecular weight is 372 g/mol. The number of carboxylic acids is 2. The van der Waals surface area contributed by atoms with E-state index in [9.17, 15) is 14.4 Å². The number of carbonyl (C=O) groups excluding carboxylic acids is 1. The van der Waals surface area contributed by atoms with Gasteiger partial charge in [0.25, 0.3) is 0 Å². The first-order chi connectivity index (χ1) is 12.8. The second kappa shape index (κ2) is 8.93. The number of esters is 1. The van der Waals surface area contributed by atoms with Crippen LogP contribution in [-0.2, 0) is 22.4 Å². The molecule has 0 bridgehead atoms. The molecule has 2 unspecified atom stereocenters. The fourth-order valence-corrected chi connectivity index (χ4v) is 2.32. The molecule has 2 atom stereocenters. The van der Waals surface area contributed by atoms with E-state index < -0.39 is 30.0 Å². The van der Waals surface area contributed by atoms with Gasteiger partial charge in [0.05, 0.1) is 5.56 Å². The van der Waals surface area contributed by atoms with Gasteiger partial charge in [-0.3, -0.25) is 9.59 Å². The van der Waals surface area contributed by atoms with E-state index in [1.54, 1.807) is 36.4 Å². The third-order valence-corrected chi connectivity index (χ3v) is 3.87. The lowest BCUT2D eigenvalue weighted by Gasteiger charge is -2.09. The first-order valence-electron chi connectivity index (χ1n) is 8.13. The van der Waals surface area contributed by atoms with Crippen molar-refractivity contribution in [3.63, 3.8) is 0 Å². The van der Waals surface area contributed by atoms with Gasteiger partial charge in [0.1, 0.15) is 17.8 Å². The summed E-state index contributed by atoms with van der Waals surface area (Å²) in [6.45, 7) is 0. The predicted octanol–water partition coefficient (Wildman–Crippen LogP) is 0.815. The van der Waals surface area contributed by atoms with Crippen LogP contribution in [0.3, 0.4) is 0 Å². The summed E-state index contributed by atoms with van der Waals surface area (Å²) in [5.74, 6) is -2.44. The summed E-state index contributed by atoms with van der Waals surface area (Å²) in [6.07, 6.45) is 0.327. The fourth-order valence-electron chi connectivity index (χ4n) is 2.32. The molecule has 142 valence electrons. The Morgan fingerprint density at radius 1 is 0.778 bits per heavy atom. The van der Waals surface area contributed by atoms with Crippen molar-refractivity contribution in [1.82, 2.24) is 0 Å². The third kappa shape index (κ3) is 5.91. The van der Waals surface area contributed by atoms with Crippen molar-refractivity contribution in [2.45, 2.75) is 24.9 Å². The van der Waals surface area contributed by atoms with Crippen LogP contribution < -0.4 is 16.2 Å². The van der Waals surface area contributed by atoms with Gasteiger partial charge in [-0.2, -0.15) is 0 Å². The second-order valence-corrected chi connectivity index (χ2v) is 6.03. The molecule has 27 heavy (non-hydrogen) atoms. The third-order valence-electron chi connectivity index (χ3n) is 3.87. The van der Waals surface area contributed by atoms with Crippen LogP contribution >= 0.6 is 0 Å². The van der Waals surface area contributed by atoms with Gasteiger partial charge in [0, 0.05) is 0 Å². The molecule has 0 fully saturated rings. The zero-order chi connectivity index (χ0) is 20.0. The summed E-state index contributed by atoms with van der Waals surface area (Å²) >= 11 is 0. The fraction of sp³-hybridized carbons (Fsp3) is 0.211. The first kappa shape index (κ1) is 20.1. The molecule has 0 aliphatic heterocycles. The van der Waals surface area contributed by atoms with E-state index in [-0.39, 0.29) is 12.8 Å². The molecule has 0 radical (unpaired) electrons. The quantitative estimate of drug-likeness (QED) is 0.392. The highest BCUT2D eigenvalue weighted by molar-refractivity contribution is 5.91. The van der Waals surface area contributed by atoms with Crippen molar-refractivity contribution in [1.29, 1.82) is 0 Å². The largest absolute Gasteiger partial charge is 0.480 e. The Kier molecular flexibility index (Phi) is 6.64. The van der Waals surface area contributed by atoms with Crippen LogP contribution in [0.1, 0.15) is 21.5 Å². The maximum Gasteiger partial charge on any atom is 0.343 e. The number of ether oxygens (including phenoxy) is 1. The summed E-state index contributed by atoms with van der Waals surface area (Å²) in [5.41, 5.74) is 12.7. The van der Waals surface area contributed by atoms with E-state index >= 15 is 0 Å². The van der Waals surface area contributed by atoms with E-state index in [2.05, 4.69) is 0 Å². The summed E-state index contributed by atoms with van der Waals surface area (Å²) in [7, 11) is 0. The molecular weight excluding hydrogens is 352 g/mol. The summed E-state index contributed by atoms with van der Waals surface area (Å²) in [4.78, 5) is 33.7. The lowest BCUT2D eigenvalue weighted by Crippen LogP contribution is -2.32. The van der Waals surface area contributed by atoms with Crippen molar-refractivity contribution in [2.75, 3.05) is 0 Å². The molecule has 0 aromatic heterocycles. The van der Waals surface area contributed by atoms with Crippen molar-refractivity contribution >= 4 is 17.9 Å². The smallest absolute Gasteiger partial charge is 0.343 e. The van der Waals surface area contributed by atoms with Gasteiger partial charge in [-0.1, -0.05) is 24.3 Å². The molecule has 0 aliphatic carbocycles. The molecular formula is C19H20N2O6. The predicted molar refractivity (Wildman–Crippen MR) is 96.5 cm³/mol. The SMILES string of the molecule is NC(Cc1ccc(OC(=O)c2ccc(CC(N)C(=O)O)cc2)cc1)C(=O)O. The molecule has 6 N–H and O–H groups in total. The highest BCUT2D eigenvalue weighted by Crippen LogP contribution is 2.16. The van der Waals surface area contributed by atoms with Crippen LogP contribution in [0.2, 0.25) is 0 Å². The van der Waals surface area contributed by atoms with E-state index in [0.717, 1.165) is 0 Å². The summed E-state index contributed by atoms with van der Waals surface area (Å²) in [5, 5.41) is 17.6. The summed E-state index contributed by atoms with van der Waals surface area (Å²) in [6, 6.07) is 10.7. The van der Waals surface area contributed by atoms with Crippen molar-refractivity contribution in [2.24, 2.45) is 11.5 Å². The number of carbonyl (C=O) groups is 3. The normalized spacial score (nSPS) is 12.8. The van der Waals surface area contributed by atoms with Crippen molar-refractivity contribution in [3.8, 4) is 5.75 Å². The van der Waals surface area contributed by atoms with E-state index in [1.807, 2.05) is 0 Å². The van der Waals surface area contributed by atoms with Crippen LogP contribution in [-0.4, -0.2) is 40.2 Å². The Labute approximate surface area is 155 Å². The minimum atomic E-state index is -1.09. The molecule has 2 aromatic rings. The van der Waals surface area contributed by atoms with Crippen molar-refractivity contribution in [3.05, 3.63) is 65.2 Å². The van der Waals surface area contributed by atoms with Gasteiger partial charge in [-0.15, -0.1) is 0 Å². The number of aliphatic carboxylic acids is 2.